The zero-order valence-corrected chi connectivity index (χ0v) is 10.9. The summed E-state index contributed by atoms with van der Waals surface area (Å²) < 4.78 is 5.77. The molecule has 0 saturated carbocycles. The lowest BCUT2D eigenvalue weighted by atomic mass is 9.92. The molecule has 0 heterocycles. The fourth-order valence-corrected chi connectivity index (χ4v) is 2.18. The molecule has 1 atom stereocenters. The Labute approximate surface area is 104 Å². The monoisotopic (exact) mass is 233 g/mol. The van der Waals surface area contributed by atoms with E-state index in [0.29, 0.717) is 12.5 Å². The van der Waals surface area contributed by atoms with Gasteiger partial charge in [-0.25, -0.2) is 0 Å². The van der Waals surface area contributed by atoms with E-state index in [1.165, 1.54) is 36.8 Å². The Morgan fingerprint density at radius 3 is 2.59 bits per heavy atom. The number of nitrogens with two attached hydrogens (primary N) is 1. The average Bonchev–Trinajstić information content (AvgIpc) is 2.35. The topological polar surface area (TPSA) is 35.2 Å². The maximum Gasteiger partial charge on any atom is 0.119 e. The molecule has 17 heavy (non-hydrogen) atoms. The molecule has 0 radical (unpaired) electrons. The SMILES string of the molecule is CC(C)[C@H](N)COc1ccc2c(c1)CCCC2. The van der Waals surface area contributed by atoms with Gasteiger partial charge in [-0.2, -0.15) is 0 Å². The van der Waals surface area contributed by atoms with E-state index in [9.17, 15) is 0 Å². The van der Waals surface area contributed by atoms with Gasteiger partial charge < -0.3 is 10.5 Å². The molecule has 0 unspecified atom stereocenters. The summed E-state index contributed by atoms with van der Waals surface area (Å²) in [6, 6.07) is 6.61. The van der Waals surface area contributed by atoms with Crippen LogP contribution in [0.25, 0.3) is 0 Å². The highest BCUT2D eigenvalue weighted by molar-refractivity contribution is 5.37. The Balaban J connectivity index is 1.97. The summed E-state index contributed by atoms with van der Waals surface area (Å²) in [7, 11) is 0. The van der Waals surface area contributed by atoms with Gasteiger partial charge in [-0.3, -0.25) is 0 Å². The van der Waals surface area contributed by atoms with Crippen molar-refractivity contribution in [2.45, 2.75) is 45.6 Å². The van der Waals surface area contributed by atoms with E-state index in [4.69, 9.17) is 10.5 Å². The molecule has 2 heteroatoms. The molecule has 1 aromatic rings. The molecular weight excluding hydrogens is 210 g/mol. The number of hydrogen-bond acceptors (Lipinski definition) is 2. The lowest BCUT2D eigenvalue weighted by molar-refractivity contribution is 0.259. The van der Waals surface area contributed by atoms with Crippen LogP contribution < -0.4 is 10.5 Å². The van der Waals surface area contributed by atoms with Crippen molar-refractivity contribution in [1.82, 2.24) is 0 Å². The summed E-state index contributed by atoms with van der Waals surface area (Å²) in [5, 5.41) is 0. The van der Waals surface area contributed by atoms with Gasteiger partial charge in [-0.1, -0.05) is 19.9 Å². The first kappa shape index (κ1) is 12.4. The van der Waals surface area contributed by atoms with Gasteiger partial charge in [0, 0.05) is 6.04 Å². The molecule has 1 aliphatic carbocycles. The quantitative estimate of drug-likeness (QED) is 0.868. The molecule has 94 valence electrons. The lowest BCUT2D eigenvalue weighted by Gasteiger charge is -2.19. The molecule has 0 aromatic heterocycles. The highest BCUT2D eigenvalue weighted by atomic mass is 16.5. The van der Waals surface area contributed by atoms with Crippen molar-refractivity contribution in [2.75, 3.05) is 6.61 Å². The number of aryl methyl sites for hydroxylation is 2. The zero-order valence-electron chi connectivity index (χ0n) is 10.9. The van der Waals surface area contributed by atoms with E-state index in [-0.39, 0.29) is 6.04 Å². The van der Waals surface area contributed by atoms with Crippen LogP contribution in [0.4, 0.5) is 0 Å². The second kappa shape index (κ2) is 5.54. The van der Waals surface area contributed by atoms with Crippen LogP contribution in [0.3, 0.4) is 0 Å². The Morgan fingerprint density at radius 2 is 1.88 bits per heavy atom. The summed E-state index contributed by atoms with van der Waals surface area (Å²) in [5.74, 6) is 1.44. The van der Waals surface area contributed by atoms with Gasteiger partial charge in [-0.15, -0.1) is 0 Å². The minimum Gasteiger partial charge on any atom is -0.492 e. The third kappa shape index (κ3) is 3.22. The van der Waals surface area contributed by atoms with Gasteiger partial charge >= 0.3 is 0 Å². The molecule has 0 amide bonds. The van der Waals surface area contributed by atoms with Crippen molar-refractivity contribution in [2.24, 2.45) is 11.7 Å². The predicted molar refractivity (Wildman–Crippen MR) is 71.4 cm³/mol. The number of benzene rings is 1. The van der Waals surface area contributed by atoms with Crippen molar-refractivity contribution in [1.29, 1.82) is 0 Å². The first-order valence-electron chi connectivity index (χ1n) is 6.67. The van der Waals surface area contributed by atoms with Crippen LogP contribution in [0.5, 0.6) is 5.75 Å². The smallest absolute Gasteiger partial charge is 0.119 e. The molecule has 0 saturated heterocycles. The zero-order chi connectivity index (χ0) is 12.3. The molecule has 2 nitrogen and oxygen atoms in total. The fourth-order valence-electron chi connectivity index (χ4n) is 2.18. The van der Waals surface area contributed by atoms with Crippen LogP contribution in [0.1, 0.15) is 37.8 Å². The lowest BCUT2D eigenvalue weighted by Crippen LogP contribution is -2.33. The molecule has 1 aliphatic rings. The maximum absolute atomic E-state index is 5.98. The van der Waals surface area contributed by atoms with E-state index in [2.05, 4.69) is 32.0 Å². The predicted octanol–water partition coefficient (Wildman–Crippen LogP) is 2.93. The van der Waals surface area contributed by atoms with E-state index in [1.54, 1.807) is 0 Å². The highest BCUT2D eigenvalue weighted by Gasteiger charge is 2.11. The summed E-state index contributed by atoms with van der Waals surface area (Å²) in [4.78, 5) is 0. The summed E-state index contributed by atoms with van der Waals surface area (Å²) in [5.41, 5.74) is 8.94. The van der Waals surface area contributed by atoms with Crippen LogP contribution in [0.2, 0.25) is 0 Å². The fraction of sp³-hybridized carbons (Fsp3) is 0.600. The Morgan fingerprint density at radius 1 is 1.18 bits per heavy atom. The van der Waals surface area contributed by atoms with Crippen LogP contribution in [-0.4, -0.2) is 12.6 Å². The van der Waals surface area contributed by atoms with Gasteiger partial charge in [-0.05, 0) is 54.9 Å². The molecule has 2 rings (SSSR count). The summed E-state index contributed by atoms with van der Waals surface area (Å²) >= 11 is 0. The summed E-state index contributed by atoms with van der Waals surface area (Å²) in [6.07, 6.45) is 5.05. The molecule has 2 N–H and O–H groups in total. The van der Waals surface area contributed by atoms with Gasteiger partial charge in [0.25, 0.3) is 0 Å². The van der Waals surface area contributed by atoms with Crippen molar-refractivity contribution < 1.29 is 4.74 Å². The average molecular weight is 233 g/mol. The molecule has 0 fully saturated rings. The van der Waals surface area contributed by atoms with Gasteiger partial charge in [0.1, 0.15) is 12.4 Å². The second-order valence-electron chi connectivity index (χ2n) is 5.36. The highest BCUT2D eigenvalue weighted by Crippen LogP contribution is 2.25. The first-order valence-corrected chi connectivity index (χ1v) is 6.67. The van der Waals surface area contributed by atoms with Gasteiger partial charge in [0.2, 0.25) is 0 Å². The van der Waals surface area contributed by atoms with Crippen LogP contribution in [0.15, 0.2) is 18.2 Å². The van der Waals surface area contributed by atoms with Gasteiger partial charge in [0.15, 0.2) is 0 Å². The van der Waals surface area contributed by atoms with Crippen molar-refractivity contribution in [3.05, 3.63) is 29.3 Å². The van der Waals surface area contributed by atoms with Crippen LogP contribution in [-0.2, 0) is 12.8 Å². The van der Waals surface area contributed by atoms with Gasteiger partial charge in [0.05, 0.1) is 0 Å². The first-order chi connectivity index (χ1) is 8.16. The summed E-state index contributed by atoms with van der Waals surface area (Å²) in [6.45, 7) is 4.86. The van der Waals surface area contributed by atoms with E-state index in [1.807, 2.05) is 0 Å². The van der Waals surface area contributed by atoms with E-state index >= 15 is 0 Å². The second-order valence-corrected chi connectivity index (χ2v) is 5.36. The number of fused-ring (bicyclic) bond motifs is 1. The minimum atomic E-state index is 0.117. The molecule has 1 aromatic carbocycles. The Kier molecular flexibility index (Phi) is 4.06. The largest absolute Gasteiger partial charge is 0.492 e. The third-order valence-corrected chi connectivity index (χ3v) is 3.62. The van der Waals surface area contributed by atoms with Crippen LogP contribution >= 0.6 is 0 Å². The molecule has 0 spiro atoms. The van der Waals surface area contributed by atoms with Crippen molar-refractivity contribution in [3.63, 3.8) is 0 Å². The molecule has 0 bridgehead atoms. The number of rotatable bonds is 4. The minimum absolute atomic E-state index is 0.117. The number of hydrogen-bond donors (Lipinski definition) is 1. The van der Waals surface area contributed by atoms with E-state index in [0.717, 1.165) is 5.75 Å². The molecule has 0 aliphatic heterocycles. The maximum atomic E-state index is 5.98. The van der Waals surface area contributed by atoms with E-state index < -0.39 is 0 Å². The normalized spacial score (nSPS) is 16.7. The Hall–Kier alpha value is -1.02. The number of ether oxygens (including phenoxy) is 1. The third-order valence-electron chi connectivity index (χ3n) is 3.62. The van der Waals surface area contributed by atoms with Crippen molar-refractivity contribution >= 4 is 0 Å². The Bertz CT molecular complexity index is 373. The standard InChI is InChI=1S/C15H23NO/c1-11(2)15(16)10-17-14-8-7-12-5-3-4-6-13(12)9-14/h7-9,11,15H,3-6,10,16H2,1-2H3/t15-/m1/s1. The van der Waals surface area contributed by atoms with Crippen LogP contribution in [0, 0.1) is 5.92 Å². The molecular formula is C15H23NO. The van der Waals surface area contributed by atoms with Crippen molar-refractivity contribution in [3.8, 4) is 5.75 Å².